The van der Waals surface area contributed by atoms with Gasteiger partial charge < -0.3 is 0 Å². The summed E-state index contributed by atoms with van der Waals surface area (Å²) < 4.78 is 38.8. The van der Waals surface area contributed by atoms with E-state index in [0.717, 1.165) is 0 Å². The summed E-state index contributed by atoms with van der Waals surface area (Å²) in [6, 6.07) is 0. The van der Waals surface area contributed by atoms with Crippen molar-refractivity contribution in [2.45, 2.75) is 25.4 Å². The fraction of sp³-hybridized carbons (Fsp3) is 0.636. The number of thioether (sulfide) groups is 1. The molecule has 1 rings (SSSR count). The van der Waals surface area contributed by atoms with Crippen molar-refractivity contribution >= 4 is 35.0 Å². The number of hydrogen-bond acceptors (Lipinski definition) is 1. The smallest absolute Gasteiger partial charge is 0.171 e. The van der Waals surface area contributed by atoms with Gasteiger partial charge in [-0.15, -0.1) is 23.4 Å². The molecule has 0 aromatic rings. The summed E-state index contributed by atoms with van der Waals surface area (Å²) in [7, 11) is 0. The van der Waals surface area contributed by atoms with E-state index in [4.69, 9.17) is 23.2 Å². The number of halogens is 5. The molecule has 0 aromatic heterocycles. The van der Waals surface area contributed by atoms with E-state index >= 15 is 0 Å². The molecule has 0 amide bonds. The zero-order valence-electron chi connectivity index (χ0n) is 9.12. The molecule has 98 valence electrons. The summed E-state index contributed by atoms with van der Waals surface area (Å²) in [6.45, 7) is 3.68. The van der Waals surface area contributed by atoms with E-state index in [1.807, 2.05) is 0 Å². The van der Waals surface area contributed by atoms with Gasteiger partial charge in [0.15, 0.2) is 0 Å². The number of rotatable bonds is 1. The fourth-order valence-electron chi connectivity index (χ4n) is 1.67. The minimum absolute atomic E-state index is 0.106. The quantitative estimate of drug-likeness (QED) is 0.590. The zero-order valence-corrected chi connectivity index (χ0v) is 11.4. The van der Waals surface area contributed by atoms with Gasteiger partial charge in [0.1, 0.15) is 0 Å². The van der Waals surface area contributed by atoms with Crippen molar-refractivity contribution in [2.75, 3.05) is 11.6 Å². The highest BCUT2D eigenvalue weighted by Crippen LogP contribution is 2.40. The van der Waals surface area contributed by atoms with Gasteiger partial charge >= 0.3 is 6.18 Å². The van der Waals surface area contributed by atoms with Crippen LogP contribution in [0.2, 0.25) is 0 Å². The van der Waals surface area contributed by atoms with Crippen LogP contribution in [0.25, 0.3) is 0 Å². The molecular formula is C11H13Cl2F3S. The van der Waals surface area contributed by atoms with E-state index in [2.05, 4.69) is 6.58 Å². The summed E-state index contributed by atoms with van der Waals surface area (Å²) >= 11 is 13.1. The molecule has 0 fully saturated rings. The molecule has 1 heterocycles. The summed E-state index contributed by atoms with van der Waals surface area (Å²) in [6.07, 6.45) is -3.67. The summed E-state index contributed by atoms with van der Waals surface area (Å²) in [4.78, 5) is 0. The van der Waals surface area contributed by atoms with E-state index < -0.39 is 12.1 Å². The summed E-state index contributed by atoms with van der Waals surface area (Å²) in [5, 5.41) is 0. The Morgan fingerprint density at radius 3 is 2.59 bits per heavy atom. The molecule has 0 radical (unpaired) electrons. The molecule has 0 saturated carbocycles. The van der Waals surface area contributed by atoms with E-state index in [9.17, 15) is 13.2 Å². The molecule has 0 saturated heterocycles. The van der Waals surface area contributed by atoms with Gasteiger partial charge in [-0.25, -0.2) is 0 Å². The highest BCUT2D eigenvalue weighted by molar-refractivity contribution is 8.04. The lowest BCUT2D eigenvalue weighted by molar-refractivity contribution is -0.175. The first-order valence-corrected chi connectivity index (χ1v) is 7.08. The number of allylic oxidation sites excluding steroid dienone is 2. The highest BCUT2D eigenvalue weighted by atomic mass is 35.5. The third-order valence-corrected chi connectivity index (χ3v) is 4.49. The van der Waals surface area contributed by atoms with Crippen LogP contribution >= 0.6 is 35.0 Å². The molecule has 0 aliphatic carbocycles. The lowest BCUT2D eigenvalue weighted by Gasteiger charge is -2.20. The highest BCUT2D eigenvalue weighted by Gasteiger charge is 2.39. The first kappa shape index (κ1) is 15.3. The molecule has 1 aliphatic heterocycles. The van der Waals surface area contributed by atoms with Crippen LogP contribution in [0.3, 0.4) is 0 Å². The van der Waals surface area contributed by atoms with Crippen molar-refractivity contribution < 1.29 is 13.2 Å². The molecule has 0 nitrogen and oxygen atoms in total. The van der Waals surface area contributed by atoms with E-state index in [0.29, 0.717) is 27.7 Å². The molecule has 0 bridgehead atoms. The molecule has 1 aliphatic rings. The van der Waals surface area contributed by atoms with E-state index in [-0.39, 0.29) is 18.7 Å². The van der Waals surface area contributed by atoms with E-state index in [1.165, 1.54) is 11.8 Å². The predicted molar refractivity (Wildman–Crippen MR) is 68.6 cm³/mol. The molecule has 0 aromatic carbocycles. The lowest BCUT2D eigenvalue weighted by atomic mass is 9.92. The average molecular weight is 305 g/mol. The maximum atomic E-state index is 12.8. The Morgan fingerprint density at radius 2 is 2.06 bits per heavy atom. The molecule has 0 spiro atoms. The van der Waals surface area contributed by atoms with Gasteiger partial charge in [0.2, 0.25) is 0 Å². The van der Waals surface area contributed by atoms with Crippen LogP contribution < -0.4 is 0 Å². The normalized spacial score (nSPS) is 28.5. The van der Waals surface area contributed by atoms with Crippen LogP contribution in [0.4, 0.5) is 13.2 Å². The van der Waals surface area contributed by atoms with Gasteiger partial charge in [-0.1, -0.05) is 18.2 Å². The zero-order chi connectivity index (χ0) is 13.1. The van der Waals surface area contributed by atoms with Crippen LogP contribution in [-0.4, -0.2) is 17.8 Å². The Morgan fingerprint density at radius 1 is 1.41 bits per heavy atom. The van der Waals surface area contributed by atoms with Gasteiger partial charge in [-0.2, -0.15) is 13.2 Å². The number of hydrogen-bond donors (Lipinski definition) is 0. The first-order valence-electron chi connectivity index (χ1n) is 5.18. The van der Waals surface area contributed by atoms with Gasteiger partial charge in [-0.3, -0.25) is 0 Å². The third kappa shape index (κ3) is 4.42. The maximum absolute atomic E-state index is 12.8. The topological polar surface area (TPSA) is 0 Å². The predicted octanol–water partition coefficient (Wildman–Crippen LogP) is 5.33. The van der Waals surface area contributed by atoms with E-state index in [1.54, 1.807) is 0 Å². The average Bonchev–Trinajstić information content (AvgIpc) is 2.27. The van der Waals surface area contributed by atoms with Gasteiger partial charge in [-0.05, 0) is 36.2 Å². The lowest BCUT2D eigenvalue weighted by Crippen LogP contribution is -2.23. The largest absolute Gasteiger partial charge is 0.392 e. The van der Waals surface area contributed by atoms with Gasteiger partial charge in [0.25, 0.3) is 0 Å². The minimum Gasteiger partial charge on any atom is -0.171 e. The molecule has 6 heteroatoms. The molecule has 1 atom stereocenters. The van der Waals surface area contributed by atoms with Gasteiger partial charge in [0.05, 0.1) is 10.3 Å². The Bertz CT molecular complexity index is 323. The second-order valence-corrected chi connectivity index (χ2v) is 5.90. The van der Waals surface area contributed by atoms with Crippen LogP contribution in [0.5, 0.6) is 0 Å². The standard InChI is InChI=1S/C11H13Cl2F3S/c1-7-5-8(11(14,15)16)3-2-4-17-10(13)9(7)6-12/h8H,1-6H2/b10-9-. The van der Waals surface area contributed by atoms with Crippen LogP contribution in [0.15, 0.2) is 22.1 Å². The molecular weight excluding hydrogens is 292 g/mol. The van der Waals surface area contributed by atoms with Crippen molar-refractivity contribution in [1.82, 2.24) is 0 Å². The Kier molecular flexibility index (Phi) is 5.74. The molecule has 0 N–H and O–H groups in total. The Hall–Kier alpha value is 0.200. The first-order chi connectivity index (χ1) is 7.86. The van der Waals surface area contributed by atoms with Crippen molar-refractivity contribution in [3.8, 4) is 0 Å². The third-order valence-electron chi connectivity index (χ3n) is 2.68. The summed E-state index contributed by atoms with van der Waals surface area (Å²) in [5.74, 6) is -0.648. The van der Waals surface area contributed by atoms with Crippen LogP contribution in [0.1, 0.15) is 19.3 Å². The second kappa shape index (κ2) is 6.39. The van der Waals surface area contributed by atoms with Crippen molar-refractivity contribution in [3.05, 3.63) is 22.1 Å². The SMILES string of the molecule is C=C1CC(C(F)(F)F)CCCS/C(Cl)=C\1CCl. The second-order valence-electron chi connectivity index (χ2n) is 3.92. The van der Waals surface area contributed by atoms with Gasteiger partial charge in [0, 0.05) is 5.88 Å². The van der Waals surface area contributed by atoms with Crippen LogP contribution in [0, 0.1) is 5.92 Å². The van der Waals surface area contributed by atoms with Crippen molar-refractivity contribution in [1.29, 1.82) is 0 Å². The Balaban J connectivity index is 2.91. The number of alkyl halides is 4. The molecule has 17 heavy (non-hydrogen) atoms. The van der Waals surface area contributed by atoms with Crippen molar-refractivity contribution in [3.63, 3.8) is 0 Å². The fourth-order valence-corrected chi connectivity index (χ4v) is 3.45. The monoisotopic (exact) mass is 304 g/mol. The maximum Gasteiger partial charge on any atom is 0.392 e. The minimum atomic E-state index is -4.18. The Labute approximate surface area is 113 Å². The molecule has 1 unspecified atom stereocenters. The van der Waals surface area contributed by atoms with Crippen LogP contribution in [-0.2, 0) is 0 Å². The van der Waals surface area contributed by atoms with Crippen molar-refractivity contribution in [2.24, 2.45) is 5.92 Å². The summed E-state index contributed by atoms with van der Waals surface area (Å²) in [5.41, 5.74) is 0.955.